The summed E-state index contributed by atoms with van der Waals surface area (Å²) in [7, 11) is -3.88. The first-order valence-electron chi connectivity index (χ1n) is 8.01. The fourth-order valence-corrected chi connectivity index (χ4v) is 3.63. The van der Waals surface area contributed by atoms with Gasteiger partial charge in [-0.2, -0.15) is 0 Å². The van der Waals surface area contributed by atoms with Gasteiger partial charge in [0.2, 0.25) is 15.9 Å². The summed E-state index contributed by atoms with van der Waals surface area (Å²) < 4.78 is 44.5. The summed E-state index contributed by atoms with van der Waals surface area (Å²) in [5, 5.41) is 2.63. The fraction of sp³-hybridized carbons (Fsp3) is 0.278. The summed E-state index contributed by atoms with van der Waals surface area (Å²) in [5.41, 5.74) is 0.302. The molecule has 1 N–H and O–H groups in total. The van der Waals surface area contributed by atoms with Crippen molar-refractivity contribution in [3.8, 4) is 5.75 Å². The van der Waals surface area contributed by atoms with Gasteiger partial charge in [-0.1, -0.05) is 12.1 Å². The average molecular weight is 380 g/mol. The molecule has 2 aromatic rings. The van der Waals surface area contributed by atoms with Gasteiger partial charge < -0.3 is 10.1 Å². The van der Waals surface area contributed by atoms with Crippen molar-refractivity contribution in [2.24, 2.45) is 0 Å². The summed E-state index contributed by atoms with van der Waals surface area (Å²) in [6, 6.07) is 10.9. The van der Waals surface area contributed by atoms with E-state index in [1.54, 1.807) is 24.3 Å². The van der Waals surface area contributed by atoms with Gasteiger partial charge in [0.05, 0.1) is 18.6 Å². The predicted molar refractivity (Wildman–Crippen MR) is 99.4 cm³/mol. The Bertz CT molecular complexity index is 869. The average Bonchev–Trinajstić information content (AvgIpc) is 2.57. The molecule has 6 nitrogen and oxygen atoms in total. The zero-order valence-electron chi connectivity index (χ0n) is 14.8. The van der Waals surface area contributed by atoms with Gasteiger partial charge in [-0.15, -0.1) is 0 Å². The van der Waals surface area contributed by atoms with Crippen molar-refractivity contribution in [3.63, 3.8) is 0 Å². The van der Waals surface area contributed by atoms with Crippen LogP contribution in [0.1, 0.15) is 13.8 Å². The number of carbonyl (C=O) groups is 1. The third-order valence-electron chi connectivity index (χ3n) is 3.61. The van der Waals surface area contributed by atoms with Crippen LogP contribution in [0, 0.1) is 5.82 Å². The SMILES string of the molecule is CCOc1ccc(NC(=O)[C@@H](C)N(c2ccccc2F)S(C)(=O)=O)cc1. The van der Waals surface area contributed by atoms with Crippen molar-refractivity contribution >= 4 is 27.3 Å². The molecule has 0 aliphatic heterocycles. The summed E-state index contributed by atoms with van der Waals surface area (Å²) in [6.45, 7) is 3.78. The Hall–Kier alpha value is -2.61. The van der Waals surface area contributed by atoms with Crippen molar-refractivity contribution in [3.05, 3.63) is 54.3 Å². The molecule has 2 rings (SSSR count). The molecule has 0 radical (unpaired) electrons. The minimum Gasteiger partial charge on any atom is -0.494 e. The van der Waals surface area contributed by atoms with Crippen LogP contribution in [0.2, 0.25) is 0 Å². The van der Waals surface area contributed by atoms with E-state index >= 15 is 0 Å². The predicted octanol–water partition coefficient (Wildman–Crippen LogP) is 3.02. The van der Waals surface area contributed by atoms with Crippen LogP contribution in [0.4, 0.5) is 15.8 Å². The van der Waals surface area contributed by atoms with Gasteiger partial charge >= 0.3 is 0 Å². The summed E-state index contributed by atoms with van der Waals surface area (Å²) in [4.78, 5) is 12.5. The van der Waals surface area contributed by atoms with Gasteiger partial charge in [-0.05, 0) is 50.2 Å². The molecule has 0 spiro atoms. The molecule has 2 aromatic carbocycles. The Kier molecular flexibility index (Phi) is 6.20. The zero-order chi connectivity index (χ0) is 19.3. The van der Waals surface area contributed by atoms with Crippen LogP contribution in [-0.2, 0) is 14.8 Å². The van der Waals surface area contributed by atoms with Crippen LogP contribution >= 0.6 is 0 Å². The second-order valence-electron chi connectivity index (χ2n) is 5.63. The van der Waals surface area contributed by atoms with E-state index in [0.717, 1.165) is 16.6 Å². The Balaban J connectivity index is 2.24. The topological polar surface area (TPSA) is 75.7 Å². The molecule has 0 fully saturated rings. The largest absolute Gasteiger partial charge is 0.494 e. The molecule has 1 amide bonds. The molecule has 140 valence electrons. The number of halogens is 1. The van der Waals surface area contributed by atoms with Crippen LogP contribution in [0.25, 0.3) is 0 Å². The Morgan fingerprint density at radius 1 is 1.19 bits per heavy atom. The number of hydrogen-bond donors (Lipinski definition) is 1. The number of nitrogens with one attached hydrogen (secondary N) is 1. The smallest absolute Gasteiger partial charge is 0.247 e. The van der Waals surface area contributed by atoms with Crippen molar-refractivity contribution in [2.45, 2.75) is 19.9 Å². The van der Waals surface area contributed by atoms with E-state index in [1.807, 2.05) is 6.92 Å². The molecule has 0 bridgehead atoms. The molecule has 0 saturated heterocycles. The number of benzene rings is 2. The Labute approximate surface area is 152 Å². The standard InChI is InChI=1S/C18H21FN2O4S/c1-4-25-15-11-9-14(10-12-15)20-18(22)13(2)21(26(3,23)24)17-8-6-5-7-16(17)19/h5-13H,4H2,1-3H3,(H,20,22)/t13-/m1/s1. The van der Waals surface area contributed by atoms with E-state index in [4.69, 9.17) is 4.74 Å². The molecule has 26 heavy (non-hydrogen) atoms. The highest BCUT2D eigenvalue weighted by atomic mass is 32.2. The molecule has 0 aliphatic rings. The fourth-order valence-electron chi connectivity index (χ4n) is 2.46. The van der Waals surface area contributed by atoms with Crippen LogP contribution < -0.4 is 14.4 Å². The first-order valence-corrected chi connectivity index (χ1v) is 9.86. The van der Waals surface area contributed by atoms with E-state index in [9.17, 15) is 17.6 Å². The van der Waals surface area contributed by atoms with Gasteiger partial charge in [0, 0.05) is 5.69 Å². The number of nitrogens with zero attached hydrogens (tertiary/aromatic N) is 1. The highest BCUT2D eigenvalue weighted by molar-refractivity contribution is 7.92. The minimum absolute atomic E-state index is 0.177. The van der Waals surface area contributed by atoms with Gasteiger partial charge in [0.25, 0.3) is 0 Å². The maximum Gasteiger partial charge on any atom is 0.247 e. The molecular weight excluding hydrogens is 359 g/mol. The second-order valence-corrected chi connectivity index (χ2v) is 7.49. The lowest BCUT2D eigenvalue weighted by Gasteiger charge is -2.28. The van der Waals surface area contributed by atoms with E-state index in [1.165, 1.54) is 25.1 Å². The van der Waals surface area contributed by atoms with Crippen molar-refractivity contribution < 1.29 is 22.3 Å². The molecule has 8 heteroatoms. The highest BCUT2D eigenvalue weighted by Crippen LogP contribution is 2.25. The van der Waals surface area contributed by atoms with E-state index in [-0.39, 0.29) is 5.69 Å². The molecule has 0 aromatic heterocycles. The molecule has 0 heterocycles. The van der Waals surface area contributed by atoms with E-state index in [0.29, 0.717) is 18.0 Å². The van der Waals surface area contributed by atoms with Crippen LogP contribution in [0.15, 0.2) is 48.5 Å². The van der Waals surface area contributed by atoms with Crippen LogP contribution in [-0.4, -0.2) is 33.2 Å². The number of para-hydroxylation sites is 1. The minimum atomic E-state index is -3.88. The summed E-state index contributed by atoms with van der Waals surface area (Å²) >= 11 is 0. The Morgan fingerprint density at radius 3 is 2.35 bits per heavy atom. The van der Waals surface area contributed by atoms with E-state index in [2.05, 4.69) is 5.32 Å². The third kappa shape index (κ3) is 4.72. The van der Waals surface area contributed by atoms with Crippen molar-refractivity contribution in [2.75, 3.05) is 22.5 Å². The number of carbonyl (C=O) groups excluding carboxylic acids is 1. The van der Waals surface area contributed by atoms with Crippen molar-refractivity contribution in [1.82, 2.24) is 0 Å². The number of amides is 1. The van der Waals surface area contributed by atoms with Gasteiger partial charge in [-0.3, -0.25) is 9.10 Å². The van der Waals surface area contributed by atoms with Gasteiger partial charge in [0.1, 0.15) is 17.6 Å². The first-order chi connectivity index (χ1) is 12.2. The highest BCUT2D eigenvalue weighted by Gasteiger charge is 2.30. The monoisotopic (exact) mass is 380 g/mol. The molecular formula is C18H21FN2O4S. The van der Waals surface area contributed by atoms with Crippen LogP contribution in [0.3, 0.4) is 0 Å². The van der Waals surface area contributed by atoms with Gasteiger partial charge in [-0.25, -0.2) is 12.8 Å². The number of sulfonamides is 1. The summed E-state index contributed by atoms with van der Waals surface area (Å²) in [5.74, 6) is -0.649. The number of rotatable bonds is 7. The zero-order valence-corrected chi connectivity index (χ0v) is 15.6. The number of hydrogen-bond acceptors (Lipinski definition) is 4. The first kappa shape index (κ1) is 19.7. The molecule has 0 unspecified atom stereocenters. The molecule has 1 atom stereocenters. The number of ether oxygens (including phenoxy) is 1. The second kappa shape index (κ2) is 8.18. The lowest BCUT2D eigenvalue weighted by Crippen LogP contribution is -2.45. The van der Waals surface area contributed by atoms with Crippen LogP contribution in [0.5, 0.6) is 5.75 Å². The number of anilines is 2. The third-order valence-corrected chi connectivity index (χ3v) is 4.84. The maximum atomic E-state index is 14.1. The normalized spacial score (nSPS) is 12.3. The van der Waals surface area contributed by atoms with Crippen molar-refractivity contribution in [1.29, 1.82) is 0 Å². The molecule has 0 saturated carbocycles. The Morgan fingerprint density at radius 2 is 1.81 bits per heavy atom. The maximum absolute atomic E-state index is 14.1. The van der Waals surface area contributed by atoms with E-state index < -0.39 is 27.8 Å². The lowest BCUT2D eigenvalue weighted by atomic mass is 10.2. The quantitative estimate of drug-likeness (QED) is 0.801. The lowest BCUT2D eigenvalue weighted by molar-refractivity contribution is -0.116. The van der Waals surface area contributed by atoms with Gasteiger partial charge in [0.15, 0.2) is 0 Å². The molecule has 0 aliphatic carbocycles. The summed E-state index contributed by atoms with van der Waals surface area (Å²) in [6.07, 6.45) is 0.931.